The summed E-state index contributed by atoms with van der Waals surface area (Å²) in [6.07, 6.45) is 2.11. The van der Waals surface area contributed by atoms with E-state index >= 15 is 0 Å². The van der Waals surface area contributed by atoms with Crippen LogP contribution in [0, 0.1) is 12.8 Å². The highest BCUT2D eigenvalue weighted by Gasteiger charge is 2.37. The summed E-state index contributed by atoms with van der Waals surface area (Å²) in [6.45, 7) is 5.85. The Morgan fingerprint density at radius 3 is 2.50 bits per heavy atom. The van der Waals surface area contributed by atoms with Crippen molar-refractivity contribution in [2.45, 2.75) is 51.9 Å². The zero-order chi connectivity index (χ0) is 15.0. The molecule has 2 N–H and O–H groups in total. The molecule has 1 unspecified atom stereocenters. The Morgan fingerprint density at radius 2 is 2.05 bits per heavy atom. The molecule has 0 aromatic heterocycles. The Labute approximate surface area is 124 Å². The number of carboxylic acids is 1. The normalized spacial score (nSPS) is 16.4. The summed E-state index contributed by atoms with van der Waals surface area (Å²) < 4.78 is 0. The summed E-state index contributed by atoms with van der Waals surface area (Å²) in [6, 6.07) is 1.80. The molecule has 0 saturated heterocycles. The van der Waals surface area contributed by atoms with Crippen LogP contribution in [0.5, 0.6) is 5.75 Å². The van der Waals surface area contributed by atoms with Crippen LogP contribution in [0.1, 0.15) is 61.6 Å². The second-order valence-corrected chi connectivity index (χ2v) is 6.44. The van der Waals surface area contributed by atoms with Gasteiger partial charge in [-0.2, -0.15) is 0 Å². The van der Waals surface area contributed by atoms with Gasteiger partial charge in [0, 0.05) is 16.5 Å². The molecule has 1 aliphatic rings. The quantitative estimate of drug-likeness (QED) is 0.844. The first-order chi connectivity index (χ1) is 9.32. The predicted molar refractivity (Wildman–Crippen MR) is 79.7 cm³/mol. The average Bonchev–Trinajstić information content (AvgIpc) is 3.16. The average molecular weight is 297 g/mol. The van der Waals surface area contributed by atoms with E-state index in [2.05, 4.69) is 0 Å². The minimum absolute atomic E-state index is 0.0525. The molecule has 1 atom stereocenters. The maximum Gasteiger partial charge on any atom is 0.303 e. The third-order valence-electron chi connectivity index (χ3n) is 4.15. The number of hydrogen-bond acceptors (Lipinski definition) is 2. The maximum atomic E-state index is 11.1. The van der Waals surface area contributed by atoms with Crippen molar-refractivity contribution in [3.63, 3.8) is 0 Å². The standard InChI is InChI=1S/C16H21ClO3/c1-8(2)11-6-13(17)9(3)15(16(11)20)12(7-14(18)19)10-4-5-10/h6,8,10,12,20H,4-5,7H2,1-3H3,(H,18,19). The van der Waals surface area contributed by atoms with E-state index in [4.69, 9.17) is 16.7 Å². The van der Waals surface area contributed by atoms with Gasteiger partial charge in [0.2, 0.25) is 0 Å². The maximum absolute atomic E-state index is 11.1. The van der Waals surface area contributed by atoms with Crippen molar-refractivity contribution in [1.82, 2.24) is 0 Å². The van der Waals surface area contributed by atoms with E-state index in [1.54, 1.807) is 6.07 Å². The highest BCUT2D eigenvalue weighted by Crippen LogP contribution is 2.50. The van der Waals surface area contributed by atoms with Crippen LogP contribution in [0.25, 0.3) is 0 Å². The van der Waals surface area contributed by atoms with E-state index in [0.717, 1.165) is 29.5 Å². The van der Waals surface area contributed by atoms with E-state index in [1.807, 2.05) is 20.8 Å². The smallest absolute Gasteiger partial charge is 0.303 e. The SMILES string of the molecule is Cc1c(Cl)cc(C(C)C)c(O)c1C(CC(=O)O)C1CC1. The molecule has 2 rings (SSSR count). The number of phenolic OH excluding ortho intramolecular Hbond substituents is 1. The van der Waals surface area contributed by atoms with Crippen molar-refractivity contribution in [3.8, 4) is 5.75 Å². The minimum Gasteiger partial charge on any atom is -0.507 e. The van der Waals surface area contributed by atoms with Crippen LogP contribution in [0.3, 0.4) is 0 Å². The number of hydrogen-bond donors (Lipinski definition) is 2. The van der Waals surface area contributed by atoms with E-state index in [9.17, 15) is 9.90 Å². The first-order valence-corrected chi connectivity index (χ1v) is 7.44. The number of halogens is 1. The zero-order valence-corrected chi connectivity index (χ0v) is 12.9. The molecule has 1 aromatic rings. The first-order valence-electron chi connectivity index (χ1n) is 7.06. The van der Waals surface area contributed by atoms with Crippen LogP contribution in [0.15, 0.2) is 6.07 Å². The number of phenols is 1. The molecule has 0 spiro atoms. The monoisotopic (exact) mass is 296 g/mol. The van der Waals surface area contributed by atoms with Crippen LogP contribution in [-0.4, -0.2) is 16.2 Å². The van der Waals surface area contributed by atoms with Gasteiger partial charge >= 0.3 is 5.97 Å². The molecule has 1 fully saturated rings. The predicted octanol–water partition coefficient (Wildman–Crippen LogP) is 4.45. The van der Waals surface area contributed by atoms with Gasteiger partial charge in [-0.3, -0.25) is 4.79 Å². The second kappa shape index (κ2) is 5.65. The Balaban J connectivity index is 2.55. The van der Waals surface area contributed by atoms with E-state index in [-0.39, 0.29) is 24.0 Å². The third-order valence-corrected chi connectivity index (χ3v) is 4.54. The topological polar surface area (TPSA) is 57.5 Å². The zero-order valence-electron chi connectivity index (χ0n) is 12.1. The summed E-state index contributed by atoms with van der Waals surface area (Å²) in [4.78, 5) is 11.1. The van der Waals surface area contributed by atoms with Gasteiger partial charge < -0.3 is 10.2 Å². The van der Waals surface area contributed by atoms with E-state index < -0.39 is 5.97 Å². The largest absolute Gasteiger partial charge is 0.507 e. The molecule has 110 valence electrons. The molecule has 0 aliphatic heterocycles. The lowest BCUT2D eigenvalue weighted by atomic mass is 9.84. The van der Waals surface area contributed by atoms with Crippen molar-refractivity contribution in [3.05, 3.63) is 27.8 Å². The van der Waals surface area contributed by atoms with Gasteiger partial charge in [-0.1, -0.05) is 25.4 Å². The summed E-state index contributed by atoms with van der Waals surface area (Å²) in [7, 11) is 0. The fourth-order valence-electron chi connectivity index (χ4n) is 2.86. The number of rotatable bonds is 5. The fraction of sp³-hybridized carbons (Fsp3) is 0.562. The van der Waals surface area contributed by atoms with Crippen molar-refractivity contribution < 1.29 is 15.0 Å². The number of carbonyl (C=O) groups is 1. The highest BCUT2D eigenvalue weighted by atomic mass is 35.5. The molecule has 20 heavy (non-hydrogen) atoms. The first kappa shape index (κ1) is 15.2. The Morgan fingerprint density at radius 1 is 1.45 bits per heavy atom. The summed E-state index contributed by atoms with van der Waals surface area (Å²) in [5, 5.41) is 20.3. The molecule has 0 bridgehead atoms. The molecule has 0 amide bonds. The Bertz CT molecular complexity index is 533. The lowest BCUT2D eigenvalue weighted by Crippen LogP contribution is -2.11. The van der Waals surface area contributed by atoms with E-state index in [1.165, 1.54) is 0 Å². The van der Waals surface area contributed by atoms with Crippen LogP contribution in [0.2, 0.25) is 5.02 Å². The molecular weight excluding hydrogens is 276 g/mol. The number of benzene rings is 1. The Hall–Kier alpha value is -1.22. The van der Waals surface area contributed by atoms with E-state index in [0.29, 0.717) is 10.9 Å². The number of carboxylic acid groups (broad SMARTS) is 1. The van der Waals surface area contributed by atoms with Crippen molar-refractivity contribution in [2.24, 2.45) is 5.92 Å². The molecular formula is C16H21ClO3. The molecule has 4 heteroatoms. The number of aliphatic carboxylic acids is 1. The van der Waals surface area contributed by atoms with Gasteiger partial charge in [-0.15, -0.1) is 0 Å². The lowest BCUT2D eigenvalue weighted by Gasteiger charge is -2.23. The molecule has 0 heterocycles. The second-order valence-electron chi connectivity index (χ2n) is 6.03. The minimum atomic E-state index is -0.827. The van der Waals surface area contributed by atoms with Gasteiger partial charge in [0.25, 0.3) is 0 Å². The summed E-state index contributed by atoms with van der Waals surface area (Å²) in [5.41, 5.74) is 2.35. The summed E-state index contributed by atoms with van der Waals surface area (Å²) >= 11 is 6.28. The third kappa shape index (κ3) is 2.93. The highest BCUT2D eigenvalue weighted by molar-refractivity contribution is 6.31. The van der Waals surface area contributed by atoms with Crippen LogP contribution in [0.4, 0.5) is 0 Å². The molecule has 1 aromatic carbocycles. The van der Waals surface area contributed by atoms with Gasteiger partial charge in [-0.25, -0.2) is 0 Å². The van der Waals surface area contributed by atoms with Gasteiger partial charge in [0.1, 0.15) is 5.75 Å². The number of aromatic hydroxyl groups is 1. The molecule has 1 saturated carbocycles. The van der Waals surface area contributed by atoms with Crippen molar-refractivity contribution in [2.75, 3.05) is 0 Å². The lowest BCUT2D eigenvalue weighted by molar-refractivity contribution is -0.137. The van der Waals surface area contributed by atoms with Crippen LogP contribution < -0.4 is 0 Å². The molecule has 0 radical (unpaired) electrons. The fourth-order valence-corrected chi connectivity index (χ4v) is 3.08. The Kier molecular flexibility index (Phi) is 4.28. The molecule has 1 aliphatic carbocycles. The van der Waals surface area contributed by atoms with Crippen molar-refractivity contribution in [1.29, 1.82) is 0 Å². The van der Waals surface area contributed by atoms with Gasteiger partial charge in [0.15, 0.2) is 0 Å². The van der Waals surface area contributed by atoms with Crippen molar-refractivity contribution >= 4 is 17.6 Å². The molecule has 3 nitrogen and oxygen atoms in total. The van der Waals surface area contributed by atoms with Gasteiger partial charge in [0.05, 0.1) is 6.42 Å². The van der Waals surface area contributed by atoms with Crippen LogP contribution in [-0.2, 0) is 4.79 Å². The van der Waals surface area contributed by atoms with Crippen LogP contribution >= 0.6 is 11.6 Å². The van der Waals surface area contributed by atoms with Gasteiger partial charge in [-0.05, 0) is 48.8 Å². The summed E-state index contributed by atoms with van der Waals surface area (Å²) in [5.74, 6) is -0.221.